The predicted molar refractivity (Wildman–Crippen MR) is 96.0 cm³/mol. The van der Waals surface area contributed by atoms with Crippen molar-refractivity contribution in [2.45, 2.75) is 19.4 Å². The number of nitrogens with zero attached hydrogens (tertiary/aromatic N) is 1. The van der Waals surface area contributed by atoms with E-state index in [9.17, 15) is 22.8 Å². The van der Waals surface area contributed by atoms with Gasteiger partial charge in [-0.05, 0) is 23.8 Å². The van der Waals surface area contributed by atoms with Gasteiger partial charge in [-0.1, -0.05) is 30.3 Å². The van der Waals surface area contributed by atoms with Gasteiger partial charge < -0.3 is 14.8 Å². The number of benzene rings is 2. The van der Waals surface area contributed by atoms with E-state index in [1.54, 1.807) is 18.2 Å². The Morgan fingerprint density at radius 2 is 1.79 bits per heavy atom. The fourth-order valence-corrected chi connectivity index (χ4v) is 2.52. The van der Waals surface area contributed by atoms with Crippen LogP contribution in [-0.4, -0.2) is 35.0 Å². The maximum Gasteiger partial charge on any atom is 0.573 e. The largest absolute Gasteiger partial charge is 0.573 e. The van der Waals surface area contributed by atoms with E-state index < -0.39 is 18.2 Å². The average molecular weight is 407 g/mol. The SMILES string of the molecule is O=C(CCNC(=O)c1n[nH]c2ccccc12)OCc1ccc(OC(F)(F)F)cc1. The first-order chi connectivity index (χ1) is 13.8. The highest BCUT2D eigenvalue weighted by Crippen LogP contribution is 2.23. The van der Waals surface area contributed by atoms with Crippen molar-refractivity contribution in [1.29, 1.82) is 0 Å². The monoisotopic (exact) mass is 407 g/mol. The zero-order valence-electron chi connectivity index (χ0n) is 15.0. The molecule has 0 bridgehead atoms. The summed E-state index contributed by atoms with van der Waals surface area (Å²) in [7, 11) is 0. The molecule has 0 saturated heterocycles. The molecule has 10 heteroatoms. The van der Waals surface area contributed by atoms with Crippen molar-refractivity contribution in [2.24, 2.45) is 0 Å². The third-order valence-electron chi connectivity index (χ3n) is 3.86. The second kappa shape index (κ2) is 8.63. The zero-order chi connectivity index (χ0) is 20.9. The lowest BCUT2D eigenvalue weighted by Gasteiger charge is -2.09. The number of aromatic amines is 1. The van der Waals surface area contributed by atoms with Gasteiger partial charge in [-0.2, -0.15) is 5.10 Å². The Kier molecular flexibility index (Phi) is 6.01. The van der Waals surface area contributed by atoms with Gasteiger partial charge in [-0.15, -0.1) is 13.2 Å². The minimum Gasteiger partial charge on any atom is -0.461 e. The molecule has 3 rings (SSSR count). The summed E-state index contributed by atoms with van der Waals surface area (Å²) in [4.78, 5) is 24.0. The summed E-state index contributed by atoms with van der Waals surface area (Å²) in [6, 6.07) is 12.1. The summed E-state index contributed by atoms with van der Waals surface area (Å²) in [6.45, 7) is -0.0553. The van der Waals surface area contributed by atoms with Crippen LogP contribution < -0.4 is 10.1 Å². The van der Waals surface area contributed by atoms with Crippen molar-refractivity contribution in [2.75, 3.05) is 6.54 Å². The van der Waals surface area contributed by atoms with Gasteiger partial charge in [0.05, 0.1) is 11.9 Å². The second-order valence-corrected chi connectivity index (χ2v) is 5.98. The standard InChI is InChI=1S/C19H16F3N3O4/c20-19(21,22)29-13-7-5-12(6-8-13)11-28-16(26)9-10-23-18(27)17-14-3-1-2-4-15(14)24-25-17/h1-8H,9-11H2,(H,23,27)(H,24,25). The fourth-order valence-electron chi connectivity index (χ4n) is 2.52. The van der Waals surface area contributed by atoms with Gasteiger partial charge in [0, 0.05) is 11.9 Å². The number of hydrogen-bond donors (Lipinski definition) is 2. The van der Waals surface area contributed by atoms with Crippen molar-refractivity contribution in [3.05, 3.63) is 59.8 Å². The molecule has 0 fully saturated rings. The van der Waals surface area contributed by atoms with E-state index in [4.69, 9.17) is 4.74 Å². The van der Waals surface area contributed by atoms with Gasteiger partial charge >= 0.3 is 12.3 Å². The molecule has 29 heavy (non-hydrogen) atoms. The van der Waals surface area contributed by atoms with E-state index in [0.717, 1.165) is 17.6 Å². The van der Waals surface area contributed by atoms with Crippen LogP contribution in [0.15, 0.2) is 48.5 Å². The Bertz CT molecular complexity index is 1000. The molecule has 1 aromatic heterocycles. The predicted octanol–water partition coefficient (Wildman–Crippen LogP) is 3.32. The zero-order valence-corrected chi connectivity index (χ0v) is 15.0. The Morgan fingerprint density at radius 3 is 2.52 bits per heavy atom. The third-order valence-corrected chi connectivity index (χ3v) is 3.86. The lowest BCUT2D eigenvalue weighted by atomic mass is 10.2. The van der Waals surface area contributed by atoms with Gasteiger partial charge in [0.2, 0.25) is 0 Å². The van der Waals surface area contributed by atoms with Crippen LogP contribution in [0.4, 0.5) is 13.2 Å². The molecule has 2 N–H and O–H groups in total. The summed E-state index contributed by atoms with van der Waals surface area (Å²) in [6.07, 6.45) is -4.83. The first-order valence-electron chi connectivity index (χ1n) is 8.53. The molecule has 0 spiro atoms. The first-order valence-corrected chi connectivity index (χ1v) is 8.53. The molecule has 1 heterocycles. The summed E-state index contributed by atoms with van der Waals surface area (Å²) < 4.78 is 45.1. The Balaban J connectivity index is 1.41. The smallest absolute Gasteiger partial charge is 0.461 e. The number of alkyl halides is 3. The minimum atomic E-state index is -4.76. The van der Waals surface area contributed by atoms with Gasteiger partial charge in [-0.25, -0.2) is 0 Å². The molecule has 0 aliphatic heterocycles. The molecular formula is C19H16F3N3O4. The average Bonchev–Trinajstić information content (AvgIpc) is 3.10. The number of aromatic nitrogens is 2. The van der Waals surface area contributed by atoms with E-state index in [0.29, 0.717) is 10.9 Å². The Labute approximate surface area is 162 Å². The van der Waals surface area contributed by atoms with E-state index in [1.165, 1.54) is 12.1 Å². The molecule has 0 aliphatic carbocycles. The van der Waals surface area contributed by atoms with E-state index >= 15 is 0 Å². The number of hydrogen-bond acceptors (Lipinski definition) is 5. The van der Waals surface area contributed by atoms with Crippen molar-refractivity contribution < 1.29 is 32.2 Å². The molecule has 152 valence electrons. The van der Waals surface area contributed by atoms with Crippen molar-refractivity contribution in [3.8, 4) is 5.75 Å². The maximum absolute atomic E-state index is 12.2. The molecule has 2 aromatic carbocycles. The van der Waals surface area contributed by atoms with Crippen LogP contribution in [-0.2, 0) is 16.1 Å². The number of halogens is 3. The number of ether oxygens (including phenoxy) is 2. The Morgan fingerprint density at radius 1 is 1.07 bits per heavy atom. The van der Waals surface area contributed by atoms with Crippen LogP contribution in [0.5, 0.6) is 5.75 Å². The van der Waals surface area contributed by atoms with E-state index in [2.05, 4.69) is 20.3 Å². The molecule has 0 unspecified atom stereocenters. The summed E-state index contributed by atoms with van der Waals surface area (Å²) in [5.41, 5.74) is 1.46. The molecule has 3 aromatic rings. The van der Waals surface area contributed by atoms with Gasteiger partial charge in [0.25, 0.3) is 5.91 Å². The summed E-state index contributed by atoms with van der Waals surface area (Å²) >= 11 is 0. The van der Waals surface area contributed by atoms with Crippen LogP contribution in [0.2, 0.25) is 0 Å². The Hall–Kier alpha value is -3.56. The highest BCUT2D eigenvalue weighted by Gasteiger charge is 2.30. The van der Waals surface area contributed by atoms with Crippen LogP contribution in [0.25, 0.3) is 10.9 Å². The second-order valence-electron chi connectivity index (χ2n) is 5.98. The van der Waals surface area contributed by atoms with E-state index in [1.807, 2.05) is 6.07 Å². The molecule has 7 nitrogen and oxygen atoms in total. The highest BCUT2D eigenvalue weighted by atomic mass is 19.4. The normalized spacial score (nSPS) is 11.3. The number of amides is 1. The molecule has 0 saturated carbocycles. The van der Waals surface area contributed by atoms with Gasteiger partial charge in [0.1, 0.15) is 12.4 Å². The fraction of sp³-hybridized carbons (Fsp3) is 0.211. The lowest BCUT2D eigenvalue weighted by molar-refractivity contribution is -0.274. The van der Waals surface area contributed by atoms with Crippen LogP contribution >= 0.6 is 0 Å². The molecule has 1 amide bonds. The lowest BCUT2D eigenvalue weighted by Crippen LogP contribution is -2.27. The number of H-pyrrole nitrogens is 1. The maximum atomic E-state index is 12.2. The number of rotatable bonds is 7. The quantitative estimate of drug-likeness (QED) is 0.586. The molecular weight excluding hydrogens is 391 g/mol. The van der Waals surface area contributed by atoms with Crippen LogP contribution in [0.3, 0.4) is 0 Å². The number of carbonyl (C=O) groups is 2. The minimum absolute atomic E-state index is 0.0528. The highest BCUT2D eigenvalue weighted by molar-refractivity contribution is 6.04. The molecule has 0 atom stereocenters. The van der Waals surface area contributed by atoms with Crippen molar-refractivity contribution in [1.82, 2.24) is 15.5 Å². The number of esters is 1. The molecule has 0 radical (unpaired) electrons. The number of carbonyl (C=O) groups excluding carboxylic acids is 2. The molecule has 0 aliphatic rings. The number of para-hydroxylation sites is 1. The summed E-state index contributed by atoms with van der Waals surface area (Å²) in [5.74, 6) is -1.34. The number of nitrogens with one attached hydrogen (secondary N) is 2. The topological polar surface area (TPSA) is 93.3 Å². The third kappa shape index (κ3) is 5.71. The van der Waals surface area contributed by atoms with Crippen molar-refractivity contribution in [3.63, 3.8) is 0 Å². The first kappa shape index (κ1) is 20.2. The van der Waals surface area contributed by atoms with Gasteiger partial charge in [0.15, 0.2) is 5.69 Å². The van der Waals surface area contributed by atoms with E-state index in [-0.39, 0.29) is 31.0 Å². The van der Waals surface area contributed by atoms with Crippen LogP contribution in [0.1, 0.15) is 22.5 Å². The summed E-state index contributed by atoms with van der Waals surface area (Å²) in [5, 5.41) is 9.98. The van der Waals surface area contributed by atoms with Gasteiger partial charge in [-0.3, -0.25) is 14.7 Å². The van der Waals surface area contributed by atoms with Crippen molar-refractivity contribution >= 4 is 22.8 Å². The van der Waals surface area contributed by atoms with Crippen LogP contribution in [0, 0.1) is 0 Å². The number of fused-ring (bicyclic) bond motifs is 1.